The molecule has 0 bridgehead atoms. The lowest BCUT2D eigenvalue weighted by atomic mass is 9.44. The van der Waals surface area contributed by atoms with Crippen LogP contribution in [0.1, 0.15) is 59.8 Å². The van der Waals surface area contributed by atoms with Gasteiger partial charge in [0, 0.05) is 23.7 Å². The van der Waals surface area contributed by atoms with E-state index in [1.54, 1.807) is 19.9 Å². The first kappa shape index (κ1) is 22.3. The molecule has 0 aromatic rings. The first-order chi connectivity index (χ1) is 14.3. The van der Waals surface area contributed by atoms with Crippen molar-refractivity contribution in [3.63, 3.8) is 0 Å². The molecule has 8 atom stereocenters. The van der Waals surface area contributed by atoms with Crippen LogP contribution in [-0.4, -0.2) is 51.2 Å². The smallest absolute Gasteiger partial charge is 0.303 e. The quantitative estimate of drug-likeness (QED) is 0.663. The molecule has 2 N–H and O–H groups in total. The summed E-state index contributed by atoms with van der Waals surface area (Å²) < 4.78 is 22.0. The third kappa shape index (κ3) is 2.72. The number of aliphatic hydroxyl groups excluding tert-OH is 1. The fourth-order valence-electron chi connectivity index (χ4n) is 7.26. The Hall–Kier alpha value is -1.86. The molecule has 170 valence electrons. The Balaban J connectivity index is 1.73. The van der Waals surface area contributed by atoms with Crippen molar-refractivity contribution in [3.8, 4) is 0 Å². The number of carbonyl (C=O) groups is 3. The number of aliphatic hydroxyl groups is 2. The van der Waals surface area contributed by atoms with Crippen LogP contribution in [0, 0.1) is 22.7 Å². The minimum atomic E-state index is -2.01. The van der Waals surface area contributed by atoms with Crippen molar-refractivity contribution in [2.75, 3.05) is 0 Å². The third-order valence-electron chi connectivity index (χ3n) is 8.91. The van der Waals surface area contributed by atoms with Crippen LogP contribution in [0.4, 0.5) is 4.39 Å². The van der Waals surface area contributed by atoms with E-state index in [4.69, 9.17) is 4.74 Å². The van der Waals surface area contributed by atoms with Crippen LogP contribution in [-0.2, 0) is 19.1 Å². The number of esters is 1. The molecule has 0 heterocycles. The van der Waals surface area contributed by atoms with Crippen molar-refractivity contribution in [2.24, 2.45) is 22.7 Å². The zero-order chi connectivity index (χ0) is 23.0. The summed E-state index contributed by atoms with van der Waals surface area (Å²) in [6.07, 6.45) is 3.31. The van der Waals surface area contributed by atoms with Crippen molar-refractivity contribution in [1.82, 2.24) is 0 Å². The molecule has 6 nitrogen and oxygen atoms in total. The molecule has 0 saturated heterocycles. The molecule has 3 fully saturated rings. The number of carbonyl (C=O) groups excluding carboxylic acids is 3. The number of rotatable bonds is 3. The van der Waals surface area contributed by atoms with Gasteiger partial charge in [-0.25, -0.2) is 4.39 Å². The second kappa shape index (κ2) is 6.82. The molecule has 7 heteroatoms. The van der Waals surface area contributed by atoms with Gasteiger partial charge >= 0.3 is 5.97 Å². The van der Waals surface area contributed by atoms with E-state index < -0.39 is 52.0 Å². The van der Waals surface area contributed by atoms with E-state index in [-0.39, 0.29) is 24.5 Å². The second-order valence-electron chi connectivity index (χ2n) is 10.3. The Morgan fingerprint density at radius 1 is 1.26 bits per heavy atom. The van der Waals surface area contributed by atoms with E-state index in [0.717, 1.165) is 0 Å². The molecule has 0 aliphatic heterocycles. The molecule has 4 aliphatic carbocycles. The lowest BCUT2D eigenvalue weighted by Gasteiger charge is -2.62. The van der Waals surface area contributed by atoms with Gasteiger partial charge in [0.15, 0.2) is 17.6 Å². The largest absolute Gasteiger partial charge is 0.455 e. The topological polar surface area (TPSA) is 101 Å². The van der Waals surface area contributed by atoms with Crippen LogP contribution in [0.3, 0.4) is 0 Å². The first-order valence-electron chi connectivity index (χ1n) is 11.1. The van der Waals surface area contributed by atoms with Crippen molar-refractivity contribution in [2.45, 2.75) is 83.3 Å². The number of hydrogen-bond acceptors (Lipinski definition) is 6. The van der Waals surface area contributed by atoms with Crippen LogP contribution in [0.15, 0.2) is 23.8 Å². The van der Waals surface area contributed by atoms with Crippen molar-refractivity contribution in [1.29, 1.82) is 0 Å². The van der Waals surface area contributed by atoms with Gasteiger partial charge in [-0.15, -0.1) is 0 Å². The molecular formula is C24H31FO6. The van der Waals surface area contributed by atoms with Gasteiger partial charge < -0.3 is 14.9 Å². The summed E-state index contributed by atoms with van der Waals surface area (Å²) in [7, 11) is 0. The fraction of sp³-hybridized carbons (Fsp3) is 0.708. The number of Topliss-reactive ketones (excluding diaryl/α,β-unsaturated/α-hetero) is 1. The minimum Gasteiger partial charge on any atom is -0.455 e. The number of hydrogen-bond donors (Lipinski definition) is 2. The van der Waals surface area contributed by atoms with Gasteiger partial charge in [0.2, 0.25) is 5.78 Å². The molecular weight excluding hydrogens is 403 g/mol. The van der Waals surface area contributed by atoms with Crippen LogP contribution < -0.4 is 0 Å². The predicted molar refractivity (Wildman–Crippen MR) is 110 cm³/mol. The molecule has 31 heavy (non-hydrogen) atoms. The highest BCUT2D eigenvalue weighted by Crippen LogP contribution is 2.69. The predicted octanol–water partition coefficient (Wildman–Crippen LogP) is 2.61. The normalized spacial score (nSPS) is 47.0. The maximum atomic E-state index is 17.0. The molecule has 0 unspecified atom stereocenters. The first-order valence-corrected chi connectivity index (χ1v) is 11.1. The van der Waals surface area contributed by atoms with Crippen LogP contribution in [0.2, 0.25) is 0 Å². The van der Waals surface area contributed by atoms with E-state index >= 15 is 4.39 Å². The summed E-state index contributed by atoms with van der Waals surface area (Å²) in [5, 5.41) is 22.8. The zero-order valence-corrected chi connectivity index (χ0v) is 18.5. The minimum absolute atomic E-state index is 0.0929. The van der Waals surface area contributed by atoms with E-state index in [1.807, 2.05) is 0 Å². The molecule has 0 spiro atoms. The molecule has 0 amide bonds. The Kier molecular flexibility index (Phi) is 4.91. The highest BCUT2D eigenvalue weighted by molar-refractivity contribution is 6.01. The third-order valence-corrected chi connectivity index (χ3v) is 8.91. The van der Waals surface area contributed by atoms with Gasteiger partial charge in [0.25, 0.3) is 0 Å². The monoisotopic (exact) mass is 434 g/mol. The summed E-state index contributed by atoms with van der Waals surface area (Å²) in [6, 6.07) is 0. The Morgan fingerprint density at radius 3 is 2.58 bits per heavy atom. The highest BCUT2D eigenvalue weighted by Gasteiger charge is 2.74. The standard InChI is InChI=1S/C24H31FO6/c1-13(31-14(2)26)20(29)23(30)10-8-17-18-6-5-15-11-16(27)7-9-21(15,3)24(18,25)19(28)12-22(17,23)4/h7,9,11,13,17-19,28,30H,5-6,8,10,12H2,1-4H3/t13-,17+,18+,19+,21+,22+,23+,24+/m1/s1. The van der Waals surface area contributed by atoms with E-state index in [9.17, 15) is 24.6 Å². The van der Waals surface area contributed by atoms with Crippen LogP contribution >= 0.6 is 0 Å². The van der Waals surface area contributed by atoms with Crippen molar-refractivity contribution < 1.29 is 33.7 Å². The number of allylic oxidation sites excluding steroid dienone is 4. The Morgan fingerprint density at radius 2 is 1.94 bits per heavy atom. The highest BCUT2D eigenvalue weighted by atomic mass is 19.1. The molecule has 4 aliphatic rings. The molecule has 0 aromatic carbocycles. The Bertz CT molecular complexity index is 910. The molecule has 0 aromatic heterocycles. The van der Waals surface area contributed by atoms with Gasteiger partial charge in [-0.2, -0.15) is 0 Å². The van der Waals surface area contributed by atoms with Gasteiger partial charge in [-0.05, 0) is 64.0 Å². The average molecular weight is 435 g/mol. The number of fused-ring (bicyclic) bond motifs is 5. The van der Waals surface area contributed by atoms with Gasteiger partial charge in [-0.3, -0.25) is 14.4 Å². The summed E-state index contributed by atoms with van der Waals surface area (Å²) in [4.78, 5) is 36.4. The lowest BCUT2D eigenvalue weighted by Crippen LogP contribution is -2.69. The average Bonchev–Trinajstić information content (AvgIpc) is 2.94. The van der Waals surface area contributed by atoms with Gasteiger partial charge in [0.1, 0.15) is 5.60 Å². The van der Waals surface area contributed by atoms with Gasteiger partial charge in [0.05, 0.1) is 6.10 Å². The van der Waals surface area contributed by atoms with Crippen LogP contribution in [0.5, 0.6) is 0 Å². The summed E-state index contributed by atoms with van der Waals surface area (Å²) in [5.74, 6) is -2.30. The van der Waals surface area contributed by atoms with E-state index in [1.165, 1.54) is 26.0 Å². The maximum Gasteiger partial charge on any atom is 0.303 e. The van der Waals surface area contributed by atoms with Crippen molar-refractivity contribution in [3.05, 3.63) is 23.8 Å². The summed E-state index contributed by atoms with van der Waals surface area (Å²) in [5.41, 5.74) is -5.29. The molecule has 4 rings (SSSR count). The SMILES string of the molecule is CC(=O)O[C@H](C)C(=O)[C@@]1(O)CC[C@H]2[C@@H]3CCC4=CC(=O)C=C[C@]4(C)[C@@]3(F)[C@@H](O)C[C@@]21C. The van der Waals surface area contributed by atoms with E-state index in [0.29, 0.717) is 24.8 Å². The van der Waals surface area contributed by atoms with Crippen LogP contribution in [0.25, 0.3) is 0 Å². The number of halogens is 1. The second-order valence-corrected chi connectivity index (χ2v) is 10.3. The van der Waals surface area contributed by atoms with E-state index in [2.05, 4.69) is 0 Å². The lowest BCUT2D eigenvalue weighted by molar-refractivity contribution is -0.219. The number of alkyl halides is 1. The number of ketones is 2. The molecule has 0 radical (unpaired) electrons. The fourth-order valence-corrected chi connectivity index (χ4v) is 7.26. The zero-order valence-electron chi connectivity index (χ0n) is 18.5. The maximum absolute atomic E-state index is 17.0. The van der Waals surface area contributed by atoms with Crippen molar-refractivity contribution >= 4 is 17.5 Å². The summed E-state index contributed by atoms with van der Waals surface area (Å²) >= 11 is 0. The number of ether oxygens (including phenoxy) is 1. The summed E-state index contributed by atoms with van der Waals surface area (Å²) in [6.45, 7) is 6.11. The Labute approximate surface area is 181 Å². The van der Waals surface area contributed by atoms with Gasteiger partial charge in [-0.1, -0.05) is 18.6 Å². The molecule has 3 saturated carbocycles.